The Morgan fingerprint density at radius 1 is 1.37 bits per heavy atom. The molecule has 2 atom stereocenters. The number of carbonyl (C=O) groups excluding carboxylic acids is 1. The van der Waals surface area contributed by atoms with Crippen LogP contribution in [-0.2, 0) is 4.79 Å². The van der Waals surface area contributed by atoms with Gasteiger partial charge in [0.2, 0.25) is 5.91 Å². The van der Waals surface area contributed by atoms with E-state index in [0.29, 0.717) is 19.4 Å². The highest BCUT2D eigenvalue weighted by Gasteiger charge is 2.41. The lowest BCUT2D eigenvalue weighted by atomic mass is 9.99. The zero-order valence-electron chi connectivity index (χ0n) is 11.1. The molecule has 2 rings (SSSR count). The monoisotopic (exact) mass is 264 g/mol. The van der Waals surface area contributed by atoms with Gasteiger partial charge < -0.3 is 20.9 Å². The van der Waals surface area contributed by atoms with Gasteiger partial charge in [-0.1, -0.05) is 0 Å². The maximum absolute atomic E-state index is 11.3. The molecule has 1 saturated carbocycles. The predicted molar refractivity (Wildman–Crippen MR) is 72.0 cm³/mol. The van der Waals surface area contributed by atoms with E-state index in [-0.39, 0.29) is 6.10 Å². The SMILES string of the molecule is CCOc1ccc(OC2CCC(N)(C(N)=O)C2)cc1. The first kappa shape index (κ1) is 13.7. The molecule has 4 N–H and O–H groups in total. The smallest absolute Gasteiger partial charge is 0.237 e. The van der Waals surface area contributed by atoms with Crippen molar-refractivity contribution in [2.45, 2.75) is 37.8 Å². The van der Waals surface area contributed by atoms with Gasteiger partial charge in [0.15, 0.2) is 0 Å². The summed E-state index contributed by atoms with van der Waals surface area (Å²) in [5.41, 5.74) is 10.3. The Hall–Kier alpha value is -1.75. The number of primary amides is 1. The topological polar surface area (TPSA) is 87.6 Å². The van der Waals surface area contributed by atoms with Crippen LogP contribution in [0.2, 0.25) is 0 Å². The minimum Gasteiger partial charge on any atom is -0.494 e. The van der Waals surface area contributed by atoms with Crippen molar-refractivity contribution >= 4 is 5.91 Å². The highest BCUT2D eigenvalue weighted by Crippen LogP contribution is 2.31. The van der Waals surface area contributed by atoms with Crippen LogP contribution < -0.4 is 20.9 Å². The fraction of sp³-hybridized carbons (Fsp3) is 0.500. The number of amides is 1. The maximum Gasteiger partial charge on any atom is 0.237 e. The van der Waals surface area contributed by atoms with Gasteiger partial charge in [0.1, 0.15) is 17.6 Å². The van der Waals surface area contributed by atoms with E-state index in [1.807, 2.05) is 31.2 Å². The number of benzene rings is 1. The Bertz CT molecular complexity index is 447. The zero-order chi connectivity index (χ0) is 13.9. The standard InChI is InChI=1S/C14H20N2O3/c1-2-18-10-3-5-11(6-4-10)19-12-7-8-14(16,9-12)13(15)17/h3-6,12H,2,7-9,16H2,1H3,(H2,15,17). The maximum atomic E-state index is 11.3. The molecule has 19 heavy (non-hydrogen) atoms. The molecule has 1 aliphatic carbocycles. The fourth-order valence-electron chi connectivity index (χ4n) is 2.33. The molecule has 2 unspecified atom stereocenters. The van der Waals surface area contributed by atoms with Gasteiger partial charge in [0, 0.05) is 6.42 Å². The van der Waals surface area contributed by atoms with Gasteiger partial charge in [-0.05, 0) is 44.0 Å². The summed E-state index contributed by atoms with van der Waals surface area (Å²) >= 11 is 0. The largest absolute Gasteiger partial charge is 0.494 e. The van der Waals surface area contributed by atoms with Crippen LogP contribution in [0.3, 0.4) is 0 Å². The van der Waals surface area contributed by atoms with Gasteiger partial charge in [-0.25, -0.2) is 0 Å². The van der Waals surface area contributed by atoms with Crippen LogP contribution in [-0.4, -0.2) is 24.2 Å². The third kappa shape index (κ3) is 3.17. The van der Waals surface area contributed by atoms with Crippen molar-refractivity contribution in [2.24, 2.45) is 11.5 Å². The summed E-state index contributed by atoms with van der Waals surface area (Å²) in [6.45, 7) is 2.57. The fourth-order valence-corrected chi connectivity index (χ4v) is 2.33. The average molecular weight is 264 g/mol. The lowest BCUT2D eigenvalue weighted by molar-refractivity contribution is -0.123. The van der Waals surface area contributed by atoms with Crippen molar-refractivity contribution in [3.05, 3.63) is 24.3 Å². The number of rotatable bonds is 5. The second-order valence-corrected chi connectivity index (χ2v) is 4.91. The van der Waals surface area contributed by atoms with Gasteiger partial charge in [-0.15, -0.1) is 0 Å². The van der Waals surface area contributed by atoms with Crippen molar-refractivity contribution in [2.75, 3.05) is 6.61 Å². The molecule has 1 aromatic rings. The summed E-state index contributed by atoms with van der Waals surface area (Å²) in [4.78, 5) is 11.3. The third-order valence-corrected chi connectivity index (χ3v) is 3.43. The van der Waals surface area contributed by atoms with Crippen molar-refractivity contribution in [3.63, 3.8) is 0 Å². The van der Waals surface area contributed by atoms with Crippen LogP contribution in [0.5, 0.6) is 11.5 Å². The van der Waals surface area contributed by atoms with Crippen molar-refractivity contribution in [1.29, 1.82) is 0 Å². The first-order valence-electron chi connectivity index (χ1n) is 6.52. The number of carbonyl (C=O) groups is 1. The molecule has 0 aromatic heterocycles. The van der Waals surface area contributed by atoms with Crippen LogP contribution in [0.1, 0.15) is 26.2 Å². The van der Waals surface area contributed by atoms with Gasteiger partial charge >= 0.3 is 0 Å². The number of nitrogens with two attached hydrogens (primary N) is 2. The van der Waals surface area contributed by atoms with Crippen molar-refractivity contribution in [3.8, 4) is 11.5 Å². The molecule has 1 amide bonds. The number of hydrogen-bond acceptors (Lipinski definition) is 4. The summed E-state index contributed by atoms with van der Waals surface area (Å²) < 4.78 is 11.2. The Morgan fingerprint density at radius 2 is 2.00 bits per heavy atom. The van der Waals surface area contributed by atoms with E-state index in [9.17, 15) is 4.79 Å². The minimum atomic E-state index is -0.921. The summed E-state index contributed by atoms with van der Waals surface area (Å²) in [7, 11) is 0. The second-order valence-electron chi connectivity index (χ2n) is 4.91. The zero-order valence-corrected chi connectivity index (χ0v) is 11.1. The van der Waals surface area contributed by atoms with Gasteiger partial charge in [0.25, 0.3) is 0 Å². The van der Waals surface area contributed by atoms with E-state index in [0.717, 1.165) is 17.9 Å². The first-order chi connectivity index (χ1) is 9.03. The molecule has 0 spiro atoms. The molecule has 0 heterocycles. The van der Waals surface area contributed by atoms with Crippen molar-refractivity contribution in [1.82, 2.24) is 0 Å². The Morgan fingerprint density at radius 3 is 2.53 bits per heavy atom. The molecule has 0 saturated heterocycles. The molecule has 5 heteroatoms. The van der Waals surface area contributed by atoms with E-state index in [1.54, 1.807) is 0 Å². The van der Waals surface area contributed by atoms with E-state index < -0.39 is 11.4 Å². The average Bonchev–Trinajstić information content (AvgIpc) is 2.75. The Kier molecular flexibility index (Phi) is 3.95. The molecule has 104 valence electrons. The van der Waals surface area contributed by atoms with Crippen LogP contribution >= 0.6 is 0 Å². The van der Waals surface area contributed by atoms with Gasteiger partial charge in [-0.3, -0.25) is 4.79 Å². The first-order valence-corrected chi connectivity index (χ1v) is 6.52. The number of ether oxygens (including phenoxy) is 2. The number of hydrogen-bond donors (Lipinski definition) is 2. The van der Waals surface area contributed by atoms with Crippen LogP contribution in [0.4, 0.5) is 0 Å². The minimum absolute atomic E-state index is 0.0598. The summed E-state index contributed by atoms with van der Waals surface area (Å²) in [5.74, 6) is 1.11. The molecule has 1 fully saturated rings. The predicted octanol–water partition coefficient (Wildman–Crippen LogP) is 1.20. The third-order valence-electron chi connectivity index (χ3n) is 3.43. The highest BCUT2D eigenvalue weighted by molar-refractivity contribution is 5.84. The quantitative estimate of drug-likeness (QED) is 0.836. The van der Waals surface area contributed by atoms with Crippen LogP contribution in [0, 0.1) is 0 Å². The van der Waals surface area contributed by atoms with Gasteiger partial charge in [0.05, 0.1) is 12.1 Å². The van der Waals surface area contributed by atoms with Gasteiger partial charge in [-0.2, -0.15) is 0 Å². The molecule has 1 aromatic carbocycles. The van der Waals surface area contributed by atoms with E-state index in [4.69, 9.17) is 20.9 Å². The Labute approximate surface area is 112 Å². The molecule has 5 nitrogen and oxygen atoms in total. The molecule has 0 aliphatic heterocycles. The summed E-state index contributed by atoms with van der Waals surface area (Å²) in [6, 6.07) is 7.42. The molecule has 0 bridgehead atoms. The van der Waals surface area contributed by atoms with E-state index in [1.165, 1.54) is 0 Å². The molecule has 0 radical (unpaired) electrons. The summed E-state index contributed by atoms with van der Waals surface area (Å²) in [5, 5.41) is 0. The Balaban J connectivity index is 1.94. The van der Waals surface area contributed by atoms with E-state index >= 15 is 0 Å². The van der Waals surface area contributed by atoms with Crippen LogP contribution in [0.15, 0.2) is 24.3 Å². The molecular formula is C14H20N2O3. The van der Waals surface area contributed by atoms with Crippen LogP contribution in [0.25, 0.3) is 0 Å². The highest BCUT2D eigenvalue weighted by atomic mass is 16.5. The van der Waals surface area contributed by atoms with Crippen molar-refractivity contribution < 1.29 is 14.3 Å². The normalized spacial score (nSPS) is 26.1. The molecular weight excluding hydrogens is 244 g/mol. The second kappa shape index (κ2) is 5.48. The molecule has 1 aliphatic rings. The lowest BCUT2D eigenvalue weighted by Gasteiger charge is -2.20. The lowest BCUT2D eigenvalue weighted by Crippen LogP contribution is -2.50. The summed E-state index contributed by atoms with van der Waals surface area (Å²) in [6.07, 6.45) is 1.72. The van der Waals surface area contributed by atoms with E-state index in [2.05, 4.69) is 0 Å².